The van der Waals surface area contributed by atoms with Crippen LogP contribution in [0.5, 0.6) is 0 Å². The third kappa shape index (κ3) is 7.98. The molecular formula is C18H29N3O3S. The maximum absolute atomic E-state index is 12.6. The number of amides is 1. The number of Topliss-reactive ketones (excluding diaryl/α,β-unsaturated/α-hetero) is 1. The number of nitrogens with zero attached hydrogens (tertiary/aromatic N) is 1. The fraction of sp³-hybridized carbons (Fsp3) is 0.611. The number of ketones is 1. The van der Waals surface area contributed by atoms with Gasteiger partial charge in [-0.15, -0.1) is 11.8 Å². The molecular weight excluding hydrogens is 338 g/mol. The van der Waals surface area contributed by atoms with E-state index in [0.29, 0.717) is 18.7 Å². The van der Waals surface area contributed by atoms with Crippen LogP contribution in [0.15, 0.2) is 29.4 Å². The molecule has 0 saturated carbocycles. The lowest BCUT2D eigenvalue weighted by Crippen LogP contribution is -2.50. The van der Waals surface area contributed by atoms with Gasteiger partial charge in [0.25, 0.3) is 5.91 Å². The summed E-state index contributed by atoms with van der Waals surface area (Å²) in [4.78, 5) is 29.9. The summed E-state index contributed by atoms with van der Waals surface area (Å²) in [5.74, 6) is 0.0152. The van der Waals surface area contributed by atoms with Crippen molar-refractivity contribution in [2.75, 3.05) is 19.4 Å². The molecule has 1 amide bonds. The summed E-state index contributed by atoms with van der Waals surface area (Å²) in [6, 6.07) is 3.23. The summed E-state index contributed by atoms with van der Waals surface area (Å²) < 4.78 is 5.20. The smallest absolute Gasteiger partial charge is 0.252 e. The molecule has 0 aromatic carbocycles. The zero-order valence-electron chi connectivity index (χ0n) is 15.3. The molecule has 1 atom stereocenters. The first-order valence-corrected chi connectivity index (χ1v) is 9.51. The van der Waals surface area contributed by atoms with Crippen molar-refractivity contribution in [3.8, 4) is 0 Å². The Bertz CT molecular complexity index is 538. The van der Waals surface area contributed by atoms with E-state index < -0.39 is 11.6 Å². The van der Waals surface area contributed by atoms with Gasteiger partial charge in [-0.2, -0.15) is 0 Å². The van der Waals surface area contributed by atoms with Crippen LogP contribution in [-0.4, -0.2) is 47.7 Å². The molecule has 0 unspecified atom stereocenters. The predicted octanol–water partition coefficient (Wildman–Crippen LogP) is 2.17. The molecule has 0 spiro atoms. The van der Waals surface area contributed by atoms with Crippen molar-refractivity contribution < 1.29 is 14.3 Å². The van der Waals surface area contributed by atoms with Crippen LogP contribution in [0.4, 0.5) is 0 Å². The minimum absolute atomic E-state index is 0.00172. The molecule has 1 aromatic rings. The molecule has 0 aliphatic heterocycles. The van der Waals surface area contributed by atoms with Crippen molar-refractivity contribution in [2.45, 2.75) is 56.1 Å². The molecule has 1 rings (SSSR count). The number of thioether (sulfide) groups is 1. The normalized spacial score (nSPS) is 12.6. The molecule has 0 aliphatic carbocycles. The number of aromatic nitrogens is 1. The fourth-order valence-electron chi connectivity index (χ4n) is 2.10. The van der Waals surface area contributed by atoms with Crippen molar-refractivity contribution in [1.29, 1.82) is 0 Å². The van der Waals surface area contributed by atoms with Gasteiger partial charge in [-0.3, -0.25) is 14.6 Å². The van der Waals surface area contributed by atoms with Crippen LogP contribution in [0, 0.1) is 0 Å². The van der Waals surface area contributed by atoms with Crippen LogP contribution in [0.1, 0.15) is 39.5 Å². The number of rotatable bonds is 12. The number of hydrogen-bond donors (Lipinski definition) is 2. The Balaban J connectivity index is 2.64. The van der Waals surface area contributed by atoms with Gasteiger partial charge in [0.2, 0.25) is 0 Å². The Labute approximate surface area is 154 Å². The first-order chi connectivity index (χ1) is 11.9. The lowest BCUT2D eigenvalue weighted by atomic mass is 10.0. The van der Waals surface area contributed by atoms with Gasteiger partial charge in [-0.25, -0.2) is 0 Å². The number of methoxy groups -OCH3 is 1. The fourth-order valence-corrected chi connectivity index (χ4v) is 2.92. The van der Waals surface area contributed by atoms with Gasteiger partial charge >= 0.3 is 0 Å². The van der Waals surface area contributed by atoms with Crippen molar-refractivity contribution in [2.24, 2.45) is 5.73 Å². The van der Waals surface area contributed by atoms with Gasteiger partial charge in [-0.1, -0.05) is 12.8 Å². The molecule has 0 fully saturated rings. The van der Waals surface area contributed by atoms with Crippen LogP contribution in [0.2, 0.25) is 0 Å². The number of nitrogens with two attached hydrogens (primary N) is 1. The summed E-state index contributed by atoms with van der Waals surface area (Å²) in [6.45, 7) is 4.00. The molecule has 0 saturated heterocycles. The van der Waals surface area contributed by atoms with Gasteiger partial charge in [0.15, 0.2) is 5.78 Å². The molecule has 0 bridgehead atoms. The topological polar surface area (TPSA) is 94.3 Å². The first kappa shape index (κ1) is 21.6. The third-order valence-electron chi connectivity index (χ3n) is 3.96. The summed E-state index contributed by atoms with van der Waals surface area (Å²) >= 11 is 1.43. The number of hydrogen-bond acceptors (Lipinski definition) is 6. The van der Waals surface area contributed by atoms with E-state index in [2.05, 4.69) is 10.3 Å². The molecule has 140 valence electrons. The summed E-state index contributed by atoms with van der Waals surface area (Å²) in [5, 5.41) is 2.85. The predicted molar refractivity (Wildman–Crippen MR) is 101 cm³/mol. The Morgan fingerprint density at radius 2 is 2.12 bits per heavy atom. The second kappa shape index (κ2) is 11.2. The summed E-state index contributed by atoms with van der Waals surface area (Å²) in [7, 11) is 1.48. The number of carbonyl (C=O) groups is 2. The average molecular weight is 368 g/mol. The highest BCUT2D eigenvalue weighted by Gasteiger charge is 2.30. The van der Waals surface area contributed by atoms with E-state index in [9.17, 15) is 9.59 Å². The van der Waals surface area contributed by atoms with E-state index in [0.717, 1.165) is 24.2 Å². The van der Waals surface area contributed by atoms with E-state index in [1.165, 1.54) is 18.9 Å². The molecule has 6 nitrogen and oxygen atoms in total. The summed E-state index contributed by atoms with van der Waals surface area (Å²) in [6.07, 6.45) is 6.74. The van der Waals surface area contributed by atoms with E-state index in [-0.39, 0.29) is 11.7 Å². The highest BCUT2D eigenvalue weighted by atomic mass is 32.2. The number of carbonyl (C=O) groups excluding carboxylic acids is 2. The van der Waals surface area contributed by atoms with Crippen LogP contribution in [0.3, 0.4) is 0 Å². The van der Waals surface area contributed by atoms with Crippen LogP contribution in [0.25, 0.3) is 0 Å². The monoisotopic (exact) mass is 367 g/mol. The SMILES string of the molecule is COC(C)(C)C(=O)N[C@@H](CCCCCN)C(=O)CSc1cccnc1. The molecule has 0 radical (unpaired) electrons. The molecule has 1 heterocycles. The maximum Gasteiger partial charge on any atom is 0.252 e. The number of pyridine rings is 1. The number of unbranched alkanes of at least 4 members (excludes halogenated alkanes) is 2. The molecule has 25 heavy (non-hydrogen) atoms. The van der Waals surface area contributed by atoms with Crippen LogP contribution in [-0.2, 0) is 14.3 Å². The zero-order chi connectivity index (χ0) is 18.7. The average Bonchev–Trinajstić information content (AvgIpc) is 2.62. The highest BCUT2D eigenvalue weighted by molar-refractivity contribution is 8.00. The van der Waals surface area contributed by atoms with E-state index >= 15 is 0 Å². The lowest BCUT2D eigenvalue weighted by Gasteiger charge is -2.25. The van der Waals surface area contributed by atoms with Crippen molar-refractivity contribution in [3.05, 3.63) is 24.5 Å². The van der Waals surface area contributed by atoms with E-state index in [4.69, 9.17) is 10.5 Å². The minimum Gasteiger partial charge on any atom is -0.369 e. The van der Waals surface area contributed by atoms with Crippen molar-refractivity contribution in [1.82, 2.24) is 10.3 Å². The minimum atomic E-state index is -0.966. The molecule has 1 aromatic heterocycles. The van der Waals surface area contributed by atoms with Gasteiger partial charge in [-0.05, 0) is 45.4 Å². The quantitative estimate of drug-likeness (QED) is 0.434. The standard InChI is InChI=1S/C18H29N3O3S/c1-18(2,24-3)17(23)21-15(9-5-4-6-10-19)16(22)13-25-14-8-7-11-20-12-14/h7-8,11-12,15H,4-6,9-10,13,19H2,1-3H3,(H,21,23)/t15-/m0/s1. The molecule has 7 heteroatoms. The Kier molecular flexibility index (Phi) is 9.70. The van der Waals surface area contributed by atoms with Crippen LogP contribution >= 0.6 is 11.8 Å². The van der Waals surface area contributed by atoms with Gasteiger partial charge in [0, 0.05) is 24.4 Å². The molecule has 0 aliphatic rings. The first-order valence-electron chi connectivity index (χ1n) is 8.52. The largest absolute Gasteiger partial charge is 0.369 e. The summed E-state index contributed by atoms with van der Waals surface area (Å²) in [5.41, 5.74) is 4.54. The number of ether oxygens (including phenoxy) is 1. The van der Waals surface area contributed by atoms with Crippen molar-refractivity contribution in [3.63, 3.8) is 0 Å². The van der Waals surface area contributed by atoms with E-state index in [1.807, 2.05) is 12.1 Å². The Morgan fingerprint density at radius 3 is 2.72 bits per heavy atom. The second-order valence-corrected chi connectivity index (χ2v) is 7.37. The number of nitrogens with one attached hydrogen (secondary N) is 1. The van der Waals surface area contributed by atoms with Crippen LogP contribution < -0.4 is 11.1 Å². The zero-order valence-corrected chi connectivity index (χ0v) is 16.1. The van der Waals surface area contributed by atoms with E-state index in [1.54, 1.807) is 26.2 Å². The van der Waals surface area contributed by atoms with Crippen molar-refractivity contribution >= 4 is 23.5 Å². The maximum atomic E-state index is 12.6. The Hall–Kier alpha value is -1.44. The third-order valence-corrected chi connectivity index (χ3v) is 4.97. The van der Waals surface area contributed by atoms with Gasteiger partial charge in [0.1, 0.15) is 5.60 Å². The lowest BCUT2D eigenvalue weighted by molar-refractivity contribution is -0.141. The molecule has 3 N–H and O–H groups in total. The van der Waals surface area contributed by atoms with Gasteiger partial charge < -0.3 is 15.8 Å². The Morgan fingerprint density at radius 1 is 1.36 bits per heavy atom. The van der Waals surface area contributed by atoms with Gasteiger partial charge in [0.05, 0.1) is 11.8 Å². The second-order valence-electron chi connectivity index (χ2n) is 6.32. The highest BCUT2D eigenvalue weighted by Crippen LogP contribution is 2.18.